The maximum Gasteiger partial charge on any atom is 0.103 e. The third kappa shape index (κ3) is 2.13. The van der Waals surface area contributed by atoms with Crippen molar-refractivity contribution in [2.24, 2.45) is 11.3 Å². The lowest BCUT2D eigenvalue weighted by Gasteiger charge is -2.33. The molecular weight excluding hydrogens is 184 g/mol. The highest BCUT2D eigenvalue weighted by Crippen LogP contribution is 2.51. The average molecular weight is 208 g/mol. The quantitative estimate of drug-likeness (QED) is 0.470. The third-order valence-corrected chi connectivity index (χ3v) is 4.08. The summed E-state index contributed by atoms with van der Waals surface area (Å²) in [5, 5.41) is 0. The highest BCUT2D eigenvalue weighted by molar-refractivity contribution is 5.12. The fourth-order valence-electron chi connectivity index (χ4n) is 2.83. The monoisotopic (exact) mass is 208 g/mol. The summed E-state index contributed by atoms with van der Waals surface area (Å²) in [5.41, 5.74) is 0.433. The Hall–Kier alpha value is -0.300. The molecule has 1 saturated heterocycles. The Balaban J connectivity index is 2.11. The molecule has 1 heterocycles. The van der Waals surface area contributed by atoms with Gasteiger partial charge in [-0.1, -0.05) is 45.8 Å². The van der Waals surface area contributed by atoms with E-state index in [9.17, 15) is 0 Å². The van der Waals surface area contributed by atoms with E-state index in [1.807, 2.05) is 0 Å². The Labute approximate surface area is 93.9 Å². The Morgan fingerprint density at radius 2 is 1.93 bits per heavy atom. The van der Waals surface area contributed by atoms with Crippen LogP contribution in [0.4, 0.5) is 0 Å². The van der Waals surface area contributed by atoms with Gasteiger partial charge >= 0.3 is 0 Å². The van der Waals surface area contributed by atoms with E-state index in [4.69, 9.17) is 4.74 Å². The third-order valence-electron chi connectivity index (χ3n) is 4.08. The molecule has 0 saturated carbocycles. The second-order valence-electron chi connectivity index (χ2n) is 6.10. The standard InChI is InChI=1S/C14H24O/c1-13(2,3)14(11-15-14)12-9-7-5-4-6-8-10-12/h7,9,12H,4-6,8,10-11H2,1-3H3/b9-7-. The molecule has 2 unspecified atom stereocenters. The van der Waals surface area contributed by atoms with Crippen LogP contribution in [-0.4, -0.2) is 12.2 Å². The molecule has 1 aliphatic heterocycles. The molecule has 2 atom stereocenters. The first-order chi connectivity index (χ1) is 7.06. The molecule has 0 spiro atoms. The largest absolute Gasteiger partial charge is 0.368 e. The molecule has 1 aliphatic carbocycles. The van der Waals surface area contributed by atoms with E-state index in [1.54, 1.807) is 0 Å². The first-order valence-corrected chi connectivity index (χ1v) is 6.37. The van der Waals surface area contributed by atoms with Crippen LogP contribution in [-0.2, 0) is 4.74 Å². The van der Waals surface area contributed by atoms with Crippen LogP contribution in [0.3, 0.4) is 0 Å². The summed E-state index contributed by atoms with van der Waals surface area (Å²) >= 11 is 0. The van der Waals surface area contributed by atoms with Crippen LogP contribution in [0.2, 0.25) is 0 Å². The molecule has 0 aromatic rings. The number of hydrogen-bond acceptors (Lipinski definition) is 1. The van der Waals surface area contributed by atoms with E-state index in [2.05, 4.69) is 32.9 Å². The van der Waals surface area contributed by atoms with E-state index in [1.165, 1.54) is 32.1 Å². The van der Waals surface area contributed by atoms with E-state index in [-0.39, 0.29) is 11.0 Å². The highest BCUT2D eigenvalue weighted by Gasteiger charge is 2.58. The van der Waals surface area contributed by atoms with Crippen molar-refractivity contribution in [3.63, 3.8) is 0 Å². The normalized spacial score (nSPS) is 39.3. The molecule has 1 fully saturated rings. The van der Waals surface area contributed by atoms with Crippen LogP contribution < -0.4 is 0 Å². The molecule has 0 aromatic heterocycles. The molecule has 0 N–H and O–H groups in total. The maximum atomic E-state index is 5.85. The summed E-state index contributed by atoms with van der Waals surface area (Å²) in [6.45, 7) is 7.90. The van der Waals surface area contributed by atoms with Crippen molar-refractivity contribution < 1.29 is 4.74 Å². The zero-order chi connectivity index (χ0) is 10.9. The number of allylic oxidation sites excluding steroid dienone is 1. The van der Waals surface area contributed by atoms with Crippen molar-refractivity contribution in [2.45, 2.75) is 58.5 Å². The van der Waals surface area contributed by atoms with Crippen LogP contribution in [0, 0.1) is 11.3 Å². The lowest BCUT2D eigenvalue weighted by Crippen LogP contribution is -2.37. The maximum absolute atomic E-state index is 5.85. The van der Waals surface area contributed by atoms with Crippen molar-refractivity contribution in [3.8, 4) is 0 Å². The van der Waals surface area contributed by atoms with Gasteiger partial charge in [0, 0.05) is 5.92 Å². The van der Waals surface area contributed by atoms with Gasteiger partial charge in [-0.15, -0.1) is 0 Å². The van der Waals surface area contributed by atoms with Crippen LogP contribution in [0.1, 0.15) is 52.9 Å². The molecule has 0 radical (unpaired) electrons. The van der Waals surface area contributed by atoms with Gasteiger partial charge in [0.2, 0.25) is 0 Å². The molecule has 0 amide bonds. The van der Waals surface area contributed by atoms with Crippen LogP contribution in [0.5, 0.6) is 0 Å². The van der Waals surface area contributed by atoms with Gasteiger partial charge in [-0.2, -0.15) is 0 Å². The van der Waals surface area contributed by atoms with Crippen molar-refractivity contribution >= 4 is 0 Å². The summed E-state index contributed by atoms with van der Waals surface area (Å²) in [7, 11) is 0. The van der Waals surface area contributed by atoms with Gasteiger partial charge < -0.3 is 4.74 Å². The molecule has 1 heteroatoms. The van der Waals surface area contributed by atoms with Crippen molar-refractivity contribution in [2.75, 3.05) is 6.61 Å². The molecule has 86 valence electrons. The van der Waals surface area contributed by atoms with E-state index >= 15 is 0 Å². The lowest BCUT2D eigenvalue weighted by atomic mass is 9.71. The Kier molecular flexibility index (Phi) is 2.94. The molecule has 1 nitrogen and oxygen atoms in total. The Morgan fingerprint density at radius 3 is 2.53 bits per heavy atom. The molecule has 0 bridgehead atoms. The second kappa shape index (κ2) is 3.93. The minimum Gasteiger partial charge on any atom is -0.368 e. The number of ether oxygens (including phenoxy) is 1. The predicted octanol–water partition coefficient (Wildman–Crippen LogP) is 3.94. The van der Waals surface area contributed by atoms with Crippen molar-refractivity contribution in [1.29, 1.82) is 0 Å². The SMILES string of the molecule is CC(C)(C)C1(C2/C=C\CCCCC2)CO1. The van der Waals surface area contributed by atoms with E-state index in [0.29, 0.717) is 5.92 Å². The van der Waals surface area contributed by atoms with Gasteiger partial charge in [0.1, 0.15) is 5.60 Å². The van der Waals surface area contributed by atoms with Crippen LogP contribution >= 0.6 is 0 Å². The summed E-state index contributed by atoms with van der Waals surface area (Å²) < 4.78 is 5.85. The van der Waals surface area contributed by atoms with Gasteiger partial charge in [-0.3, -0.25) is 0 Å². The van der Waals surface area contributed by atoms with Crippen LogP contribution in [0.25, 0.3) is 0 Å². The van der Waals surface area contributed by atoms with Crippen molar-refractivity contribution in [1.82, 2.24) is 0 Å². The average Bonchev–Trinajstić information content (AvgIpc) is 2.81. The molecule has 2 rings (SSSR count). The minimum absolute atomic E-state index is 0.154. The van der Waals surface area contributed by atoms with Gasteiger partial charge in [0.25, 0.3) is 0 Å². The Bertz CT molecular complexity index is 243. The zero-order valence-electron chi connectivity index (χ0n) is 10.4. The van der Waals surface area contributed by atoms with Crippen LogP contribution in [0.15, 0.2) is 12.2 Å². The topological polar surface area (TPSA) is 12.5 Å². The lowest BCUT2D eigenvalue weighted by molar-refractivity contribution is 0.106. The first-order valence-electron chi connectivity index (χ1n) is 6.37. The minimum atomic E-state index is 0.154. The molecule has 0 aromatic carbocycles. The Morgan fingerprint density at radius 1 is 1.20 bits per heavy atom. The smallest absolute Gasteiger partial charge is 0.103 e. The second-order valence-corrected chi connectivity index (χ2v) is 6.10. The molecular formula is C14H24O. The molecule has 2 aliphatic rings. The zero-order valence-corrected chi connectivity index (χ0v) is 10.4. The fourth-order valence-corrected chi connectivity index (χ4v) is 2.83. The van der Waals surface area contributed by atoms with Gasteiger partial charge in [0.05, 0.1) is 6.61 Å². The van der Waals surface area contributed by atoms with Gasteiger partial charge in [-0.25, -0.2) is 0 Å². The molecule has 15 heavy (non-hydrogen) atoms. The highest BCUT2D eigenvalue weighted by atomic mass is 16.6. The summed E-state index contributed by atoms with van der Waals surface area (Å²) in [6.07, 6.45) is 11.5. The number of epoxide rings is 1. The van der Waals surface area contributed by atoms with Gasteiger partial charge in [-0.05, 0) is 24.7 Å². The number of rotatable bonds is 1. The van der Waals surface area contributed by atoms with E-state index in [0.717, 1.165) is 6.61 Å². The fraction of sp³-hybridized carbons (Fsp3) is 0.857. The first kappa shape index (κ1) is 11.2. The summed E-state index contributed by atoms with van der Waals surface area (Å²) in [4.78, 5) is 0. The number of hydrogen-bond donors (Lipinski definition) is 0. The summed E-state index contributed by atoms with van der Waals surface area (Å²) in [5.74, 6) is 0.651. The van der Waals surface area contributed by atoms with E-state index < -0.39 is 0 Å². The van der Waals surface area contributed by atoms with Gasteiger partial charge in [0.15, 0.2) is 0 Å². The predicted molar refractivity (Wildman–Crippen MR) is 63.9 cm³/mol. The summed E-state index contributed by atoms with van der Waals surface area (Å²) in [6, 6.07) is 0. The van der Waals surface area contributed by atoms with Crippen molar-refractivity contribution in [3.05, 3.63) is 12.2 Å².